The SMILES string of the molecule is CCN(Cc1c(C(=O)NN)oc2ccccc12)CC1CC1. The molecule has 3 rings (SSSR count). The molecular weight excluding hydrogens is 266 g/mol. The van der Waals surface area contributed by atoms with Crippen LogP contribution < -0.4 is 11.3 Å². The van der Waals surface area contributed by atoms with Gasteiger partial charge in [0.25, 0.3) is 0 Å². The Hall–Kier alpha value is -1.85. The van der Waals surface area contributed by atoms with Gasteiger partial charge >= 0.3 is 5.91 Å². The lowest BCUT2D eigenvalue weighted by Crippen LogP contribution is -2.31. The van der Waals surface area contributed by atoms with E-state index in [1.165, 1.54) is 12.8 Å². The van der Waals surface area contributed by atoms with Crippen molar-refractivity contribution in [1.82, 2.24) is 10.3 Å². The average Bonchev–Trinajstić information content (AvgIpc) is 3.26. The van der Waals surface area contributed by atoms with E-state index < -0.39 is 0 Å². The first-order valence-electron chi connectivity index (χ1n) is 7.46. The van der Waals surface area contributed by atoms with Gasteiger partial charge in [0.15, 0.2) is 5.76 Å². The minimum Gasteiger partial charge on any atom is -0.451 e. The fourth-order valence-electron chi connectivity index (χ4n) is 2.70. The van der Waals surface area contributed by atoms with E-state index in [0.717, 1.165) is 35.5 Å². The van der Waals surface area contributed by atoms with Gasteiger partial charge in [0.1, 0.15) is 5.58 Å². The minimum absolute atomic E-state index is 0.327. The van der Waals surface area contributed by atoms with Crippen LogP contribution in [0.3, 0.4) is 0 Å². The molecule has 2 aromatic rings. The first-order chi connectivity index (χ1) is 10.2. The van der Waals surface area contributed by atoms with E-state index in [2.05, 4.69) is 17.2 Å². The van der Waals surface area contributed by atoms with Crippen LogP contribution in [0.5, 0.6) is 0 Å². The van der Waals surface area contributed by atoms with Crippen LogP contribution in [0, 0.1) is 5.92 Å². The van der Waals surface area contributed by atoms with Gasteiger partial charge < -0.3 is 4.42 Å². The second-order valence-electron chi connectivity index (χ2n) is 5.65. The van der Waals surface area contributed by atoms with Crippen molar-refractivity contribution in [3.05, 3.63) is 35.6 Å². The molecule has 5 heteroatoms. The smallest absolute Gasteiger partial charge is 0.301 e. The van der Waals surface area contributed by atoms with E-state index in [4.69, 9.17) is 10.3 Å². The number of amides is 1. The molecule has 21 heavy (non-hydrogen) atoms. The maximum Gasteiger partial charge on any atom is 0.301 e. The summed E-state index contributed by atoms with van der Waals surface area (Å²) < 4.78 is 5.70. The van der Waals surface area contributed by atoms with Crippen LogP contribution in [-0.2, 0) is 6.54 Å². The number of hydrogen-bond donors (Lipinski definition) is 2. The van der Waals surface area contributed by atoms with Crippen molar-refractivity contribution < 1.29 is 9.21 Å². The molecular formula is C16H21N3O2. The van der Waals surface area contributed by atoms with Gasteiger partial charge in [-0.15, -0.1) is 0 Å². The van der Waals surface area contributed by atoms with Crippen LogP contribution in [0.15, 0.2) is 28.7 Å². The standard InChI is InChI=1S/C16H21N3O2/c1-2-19(9-11-7-8-11)10-13-12-5-3-4-6-14(12)21-15(13)16(20)18-17/h3-6,11H,2,7-10,17H2,1H3,(H,18,20). The summed E-state index contributed by atoms with van der Waals surface area (Å²) >= 11 is 0. The number of nitrogens with one attached hydrogen (secondary N) is 1. The summed E-state index contributed by atoms with van der Waals surface area (Å²) in [4.78, 5) is 14.3. The van der Waals surface area contributed by atoms with Crippen LogP contribution in [0.1, 0.15) is 35.9 Å². The highest BCUT2D eigenvalue weighted by molar-refractivity contribution is 5.98. The minimum atomic E-state index is -0.372. The third-order valence-electron chi connectivity index (χ3n) is 4.08. The van der Waals surface area contributed by atoms with E-state index >= 15 is 0 Å². The lowest BCUT2D eigenvalue weighted by molar-refractivity contribution is 0.0925. The molecule has 1 aliphatic carbocycles. The number of hydrogen-bond acceptors (Lipinski definition) is 4. The molecule has 1 aromatic heterocycles. The van der Waals surface area contributed by atoms with Crippen LogP contribution >= 0.6 is 0 Å². The van der Waals surface area contributed by atoms with Crippen molar-refractivity contribution in [3.8, 4) is 0 Å². The molecule has 0 radical (unpaired) electrons. The number of para-hydroxylation sites is 1. The monoisotopic (exact) mass is 287 g/mol. The molecule has 1 saturated carbocycles. The molecule has 0 spiro atoms. The van der Waals surface area contributed by atoms with Gasteiger partial charge in [-0.1, -0.05) is 25.1 Å². The normalized spacial score (nSPS) is 14.8. The van der Waals surface area contributed by atoms with Crippen molar-refractivity contribution in [2.45, 2.75) is 26.3 Å². The van der Waals surface area contributed by atoms with E-state index in [9.17, 15) is 4.79 Å². The van der Waals surface area contributed by atoms with Gasteiger partial charge in [-0.05, 0) is 31.4 Å². The topological polar surface area (TPSA) is 71.5 Å². The number of hydrazine groups is 1. The lowest BCUT2D eigenvalue weighted by Gasteiger charge is -2.20. The van der Waals surface area contributed by atoms with Crippen molar-refractivity contribution in [2.75, 3.05) is 13.1 Å². The van der Waals surface area contributed by atoms with Crippen molar-refractivity contribution in [2.24, 2.45) is 11.8 Å². The number of fused-ring (bicyclic) bond motifs is 1. The number of rotatable bonds is 6. The van der Waals surface area contributed by atoms with Crippen LogP contribution in [0.4, 0.5) is 0 Å². The zero-order valence-electron chi connectivity index (χ0n) is 12.3. The highest BCUT2D eigenvalue weighted by atomic mass is 16.3. The first kappa shape index (κ1) is 14.1. The van der Waals surface area contributed by atoms with Crippen LogP contribution in [0.25, 0.3) is 11.0 Å². The number of benzene rings is 1. The molecule has 5 nitrogen and oxygen atoms in total. The molecule has 0 aliphatic heterocycles. The molecule has 0 bridgehead atoms. The molecule has 1 heterocycles. The number of carbonyl (C=O) groups is 1. The summed E-state index contributed by atoms with van der Waals surface area (Å²) in [5.41, 5.74) is 3.83. The Morgan fingerprint density at radius 3 is 2.86 bits per heavy atom. The molecule has 1 amide bonds. The number of nitrogens with two attached hydrogens (primary N) is 1. The first-order valence-corrected chi connectivity index (χ1v) is 7.46. The number of nitrogens with zero attached hydrogens (tertiary/aromatic N) is 1. The maximum atomic E-state index is 12.0. The number of nitrogen functional groups attached to an aromatic ring is 1. The Morgan fingerprint density at radius 2 is 2.19 bits per heavy atom. The predicted molar refractivity (Wildman–Crippen MR) is 81.5 cm³/mol. The Labute approximate surface area is 124 Å². The Kier molecular flexibility index (Phi) is 3.94. The molecule has 0 saturated heterocycles. The molecule has 1 aliphatic rings. The van der Waals surface area contributed by atoms with Gasteiger partial charge in [0.2, 0.25) is 0 Å². The van der Waals surface area contributed by atoms with Gasteiger partial charge in [0.05, 0.1) is 0 Å². The zero-order chi connectivity index (χ0) is 14.8. The summed E-state index contributed by atoms with van der Waals surface area (Å²) in [6.07, 6.45) is 2.64. The van der Waals surface area contributed by atoms with Crippen molar-refractivity contribution in [1.29, 1.82) is 0 Å². The fraction of sp³-hybridized carbons (Fsp3) is 0.438. The highest BCUT2D eigenvalue weighted by Gasteiger charge is 2.26. The molecule has 0 unspecified atom stereocenters. The van der Waals surface area contributed by atoms with Crippen LogP contribution in [-0.4, -0.2) is 23.9 Å². The molecule has 112 valence electrons. The average molecular weight is 287 g/mol. The maximum absolute atomic E-state index is 12.0. The summed E-state index contributed by atoms with van der Waals surface area (Å²) in [5, 5.41) is 0.991. The number of carbonyl (C=O) groups excluding carboxylic acids is 1. The number of furan rings is 1. The Morgan fingerprint density at radius 1 is 1.43 bits per heavy atom. The molecule has 1 aromatic carbocycles. The fourth-order valence-corrected chi connectivity index (χ4v) is 2.70. The molecule has 3 N–H and O–H groups in total. The zero-order valence-corrected chi connectivity index (χ0v) is 12.3. The summed E-state index contributed by atoms with van der Waals surface area (Å²) in [7, 11) is 0. The van der Waals surface area contributed by atoms with E-state index in [1.54, 1.807) is 0 Å². The predicted octanol–water partition coefficient (Wildman–Crippen LogP) is 2.27. The van der Waals surface area contributed by atoms with Crippen molar-refractivity contribution >= 4 is 16.9 Å². The quantitative estimate of drug-likeness (QED) is 0.486. The van der Waals surface area contributed by atoms with Gasteiger partial charge in [-0.2, -0.15) is 0 Å². The lowest BCUT2D eigenvalue weighted by atomic mass is 10.1. The van der Waals surface area contributed by atoms with E-state index in [-0.39, 0.29) is 5.91 Å². The molecule has 1 fully saturated rings. The third-order valence-corrected chi connectivity index (χ3v) is 4.08. The largest absolute Gasteiger partial charge is 0.451 e. The Balaban J connectivity index is 1.95. The van der Waals surface area contributed by atoms with Gasteiger partial charge in [-0.25, -0.2) is 5.84 Å². The summed E-state index contributed by atoms with van der Waals surface area (Å²) in [6.45, 7) is 4.90. The molecule has 0 atom stereocenters. The van der Waals surface area contributed by atoms with E-state index in [1.807, 2.05) is 24.3 Å². The Bertz CT molecular complexity index is 646. The second kappa shape index (κ2) is 5.87. The van der Waals surface area contributed by atoms with Gasteiger partial charge in [-0.3, -0.25) is 15.1 Å². The second-order valence-corrected chi connectivity index (χ2v) is 5.65. The van der Waals surface area contributed by atoms with Gasteiger partial charge in [0, 0.05) is 24.0 Å². The summed E-state index contributed by atoms with van der Waals surface area (Å²) in [6, 6.07) is 7.74. The third kappa shape index (κ3) is 2.94. The van der Waals surface area contributed by atoms with E-state index in [0.29, 0.717) is 12.3 Å². The summed E-state index contributed by atoms with van der Waals surface area (Å²) in [5.74, 6) is 6.05. The van der Waals surface area contributed by atoms with Crippen molar-refractivity contribution in [3.63, 3.8) is 0 Å². The highest BCUT2D eigenvalue weighted by Crippen LogP contribution is 2.32. The van der Waals surface area contributed by atoms with Crippen LogP contribution in [0.2, 0.25) is 0 Å².